The maximum absolute atomic E-state index is 13.2. The third kappa shape index (κ3) is 5.09. The molecule has 0 fully saturated rings. The zero-order valence-corrected chi connectivity index (χ0v) is 18.2. The fourth-order valence-electron chi connectivity index (χ4n) is 3.67. The summed E-state index contributed by atoms with van der Waals surface area (Å²) in [5.41, 5.74) is 1.58. The molecule has 0 atom stereocenters. The number of alkyl halides is 3. The Morgan fingerprint density at radius 2 is 1.62 bits per heavy atom. The van der Waals surface area contributed by atoms with Crippen LogP contribution in [-0.4, -0.2) is 21.4 Å². The van der Waals surface area contributed by atoms with Crippen LogP contribution in [0.25, 0.3) is 16.7 Å². The van der Waals surface area contributed by atoms with Gasteiger partial charge in [-0.1, -0.05) is 30.3 Å². The van der Waals surface area contributed by atoms with Crippen molar-refractivity contribution in [3.05, 3.63) is 84.2 Å². The third-order valence-electron chi connectivity index (χ3n) is 5.15. The van der Waals surface area contributed by atoms with Crippen LogP contribution in [0, 0.1) is 0 Å². The Morgan fingerprint density at radius 3 is 2.32 bits per heavy atom. The second-order valence-corrected chi connectivity index (χ2v) is 7.68. The van der Waals surface area contributed by atoms with Gasteiger partial charge in [0.25, 0.3) is 0 Å². The molecule has 0 radical (unpaired) electrons. The van der Waals surface area contributed by atoms with Gasteiger partial charge in [0, 0.05) is 25.5 Å². The topological polar surface area (TPSA) is 76.0 Å². The number of para-hydroxylation sites is 3. The zero-order chi connectivity index (χ0) is 24.3. The molecule has 0 spiro atoms. The molecule has 1 heterocycles. The standard InChI is InChI=1S/C25H21F3N4O2/c1-16(33)29-19-12-11-17(25(26,27)28)15-21(19)31-24(34)14-13-23-30-20-9-5-6-10-22(20)32(23)18-7-3-2-4-8-18/h2-12,15H,13-14H2,1H3,(H,29,33)(H,31,34). The Morgan fingerprint density at radius 1 is 0.912 bits per heavy atom. The van der Waals surface area contributed by atoms with E-state index in [0.29, 0.717) is 5.82 Å². The first-order valence-corrected chi connectivity index (χ1v) is 10.5. The lowest BCUT2D eigenvalue weighted by molar-refractivity contribution is -0.137. The van der Waals surface area contributed by atoms with Gasteiger partial charge in [0.05, 0.1) is 28.0 Å². The lowest BCUT2D eigenvalue weighted by atomic mass is 10.1. The van der Waals surface area contributed by atoms with E-state index in [0.717, 1.165) is 34.9 Å². The van der Waals surface area contributed by atoms with Crippen molar-refractivity contribution in [2.24, 2.45) is 0 Å². The van der Waals surface area contributed by atoms with Gasteiger partial charge in [0.1, 0.15) is 5.82 Å². The number of anilines is 2. The van der Waals surface area contributed by atoms with Crippen LogP contribution < -0.4 is 10.6 Å². The number of benzene rings is 3. The van der Waals surface area contributed by atoms with Gasteiger partial charge in [-0.15, -0.1) is 0 Å². The summed E-state index contributed by atoms with van der Waals surface area (Å²) >= 11 is 0. The fraction of sp³-hybridized carbons (Fsp3) is 0.160. The summed E-state index contributed by atoms with van der Waals surface area (Å²) in [5, 5.41) is 4.94. The van der Waals surface area contributed by atoms with Crippen molar-refractivity contribution in [1.82, 2.24) is 9.55 Å². The third-order valence-corrected chi connectivity index (χ3v) is 5.15. The van der Waals surface area contributed by atoms with Crippen LogP contribution in [0.15, 0.2) is 72.8 Å². The molecule has 0 saturated heterocycles. The number of rotatable bonds is 6. The second-order valence-electron chi connectivity index (χ2n) is 7.68. The smallest absolute Gasteiger partial charge is 0.325 e. The van der Waals surface area contributed by atoms with E-state index in [2.05, 4.69) is 15.6 Å². The predicted molar refractivity (Wildman–Crippen MR) is 124 cm³/mol. The number of carbonyl (C=O) groups excluding carboxylic acids is 2. The van der Waals surface area contributed by atoms with E-state index < -0.39 is 23.6 Å². The van der Waals surface area contributed by atoms with E-state index in [-0.39, 0.29) is 24.2 Å². The number of hydrogen-bond donors (Lipinski definition) is 2. The van der Waals surface area contributed by atoms with Gasteiger partial charge in [0.2, 0.25) is 11.8 Å². The summed E-state index contributed by atoms with van der Waals surface area (Å²) in [6.07, 6.45) is -4.36. The number of halogens is 3. The average molecular weight is 466 g/mol. The van der Waals surface area contributed by atoms with E-state index in [1.807, 2.05) is 59.2 Å². The first kappa shape index (κ1) is 23.0. The number of aryl methyl sites for hydroxylation is 1. The molecule has 0 saturated carbocycles. The highest BCUT2D eigenvalue weighted by Crippen LogP contribution is 2.34. The largest absolute Gasteiger partial charge is 0.416 e. The van der Waals surface area contributed by atoms with E-state index in [4.69, 9.17) is 0 Å². The molecule has 0 aliphatic heterocycles. The quantitative estimate of drug-likeness (QED) is 0.390. The van der Waals surface area contributed by atoms with Crippen molar-refractivity contribution in [2.75, 3.05) is 10.6 Å². The Bertz CT molecular complexity index is 1350. The Kier molecular flexibility index (Phi) is 6.36. The number of aromatic nitrogens is 2. The SMILES string of the molecule is CC(=O)Nc1ccc(C(F)(F)F)cc1NC(=O)CCc1nc2ccccc2n1-c1ccccc1. The summed E-state index contributed by atoms with van der Waals surface area (Å²) in [5.74, 6) is -0.321. The predicted octanol–water partition coefficient (Wildman–Crippen LogP) is 5.57. The van der Waals surface area contributed by atoms with Gasteiger partial charge in [-0.25, -0.2) is 4.98 Å². The molecule has 1 aromatic heterocycles. The van der Waals surface area contributed by atoms with E-state index in [1.165, 1.54) is 6.92 Å². The van der Waals surface area contributed by atoms with Gasteiger partial charge in [-0.05, 0) is 42.5 Å². The Balaban J connectivity index is 1.58. The summed E-state index contributed by atoms with van der Waals surface area (Å²) in [6, 6.07) is 19.9. The molecule has 0 aliphatic carbocycles. The van der Waals surface area contributed by atoms with Crippen LogP contribution in [0.3, 0.4) is 0 Å². The Labute approximate surface area is 193 Å². The van der Waals surface area contributed by atoms with Gasteiger partial charge in [-0.3, -0.25) is 14.2 Å². The molecule has 0 unspecified atom stereocenters. The highest BCUT2D eigenvalue weighted by molar-refractivity contribution is 5.99. The highest BCUT2D eigenvalue weighted by atomic mass is 19.4. The molecule has 0 bridgehead atoms. The maximum Gasteiger partial charge on any atom is 0.416 e. The van der Waals surface area contributed by atoms with E-state index in [1.54, 1.807) is 0 Å². The molecule has 3 aromatic carbocycles. The highest BCUT2D eigenvalue weighted by Gasteiger charge is 2.31. The number of imidazole rings is 1. The molecule has 4 rings (SSSR count). The molecule has 34 heavy (non-hydrogen) atoms. The lowest BCUT2D eigenvalue weighted by Gasteiger charge is -2.15. The lowest BCUT2D eigenvalue weighted by Crippen LogP contribution is -2.17. The minimum absolute atomic E-state index is 0.0219. The molecule has 0 aliphatic rings. The minimum Gasteiger partial charge on any atom is -0.325 e. The molecule has 6 nitrogen and oxygen atoms in total. The Hall–Kier alpha value is -4.14. The number of nitrogens with zero attached hydrogens (tertiary/aromatic N) is 2. The molecular formula is C25H21F3N4O2. The molecule has 174 valence electrons. The monoisotopic (exact) mass is 466 g/mol. The molecule has 4 aromatic rings. The van der Waals surface area contributed by atoms with Crippen LogP contribution in [0.1, 0.15) is 24.7 Å². The minimum atomic E-state index is -4.59. The molecular weight excluding hydrogens is 445 g/mol. The first-order chi connectivity index (χ1) is 16.2. The summed E-state index contributed by atoms with van der Waals surface area (Å²) in [4.78, 5) is 28.8. The van der Waals surface area contributed by atoms with Crippen molar-refractivity contribution in [2.45, 2.75) is 25.9 Å². The number of nitrogens with one attached hydrogen (secondary N) is 2. The number of fused-ring (bicyclic) bond motifs is 1. The van der Waals surface area contributed by atoms with Gasteiger partial charge in [0.15, 0.2) is 0 Å². The molecule has 2 N–H and O–H groups in total. The maximum atomic E-state index is 13.2. The molecule has 9 heteroatoms. The van der Waals surface area contributed by atoms with Gasteiger partial charge < -0.3 is 10.6 Å². The summed E-state index contributed by atoms with van der Waals surface area (Å²) < 4.78 is 41.4. The van der Waals surface area contributed by atoms with Gasteiger partial charge in [-0.2, -0.15) is 13.2 Å². The normalized spacial score (nSPS) is 11.4. The fourth-order valence-corrected chi connectivity index (χ4v) is 3.67. The van der Waals surface area contributed by atoms with E-state index in [9.17, 15) is 22.8 Å². The van der Waals surface area contributed by atoms with Crippen molar-refractivity contribution in [1.29, 1.82) is 0 Å². The van der Waals surface area contributed by atoms with Crippen LogP contribution in [-0.2, 0) is 22.2 Å². The number of amides is 2. The van der Waals surface area contributed by atoms with Crippen LogP contribution in [0.4, 0.5) is 24.5 Å². The second kappa shape index (κ2) is 9.38. The average Bonchev–Trinajstić information content (AvgIpc) is 3.17. The van der Waals surface area contributed by atoms with Crippen LogP contribution in [0.2, 0.25) is 0 Å². The zero-order valence-electron chi connectivity index (χ0n) is 18.2. The van der Waals surface area contributed by atoms with Crippen LogP contribution >= 0.6 is 0 Å². The summed E-state index contributed by atoms with van der Waals surface area (Å²) in [7, 11) is 0. The van der Waals surface area contributed by atoms with Crippen LogP contribution in [0.5, 0.6) is 0 Å². The van der Waals surface area contributed by atoms with E-state index >= 15 is 0 Å². The first-order valence-electron chi connectivity index (χ1n) is 10.5. The van der Waals surface area contributed by atoms with Gasteiger partial charge >= 0.3 is 6.18 Å². The van der Waals surface area contributed by atoms with Crippen molar-refractivity contribution in [3.8, 4) is 5.69 Å². The van der Waals surface area contributed by atoms with Crippen molar-refractivity contribution >= 4 is 34.2 Å². The summed E-state index contributed by atoms with van der Waals surface area (Å²) in [6.45, 7) is 1.23. The molecule has 2 amide bonds. The van der Waals surface area contributed by atoms with Crippen molar-refractivity contribution < 1.29 is 22.8 Å². The number of carbonyl (C=O) groups is 2. The van der Waals surface area contributed by atoms with Crippen molar-refractivity contribution in [3.63, 3.8) is 0 Å². The number of hydrogen-bond acceptors (Lipinski definition) is 3.